The van der Waals surface area contributed by atoms with Gasteiger partial charge in [0.1, 0.15) is 0 Å². The van der Waals surface area contributed by atoms with Crippen LogP contribution in [0, 0.1) is 0 Å². The van der Waals surface area contributed by atoms with Crippen molar-refractivity contribution in [1.29, 1.82) is 0 Å². The standard InChI is InChI=1S/C18H18N4O2/c1-13(14-6-9-19-10-7-14)21-17(23)8-11-22-12-20-16-5-3-2-4-15(16)18(22)24/h2-7,9-10,12-13H,8,11H2,1H3,(H,21,23). The largest absolute Gasteiger partial charge is 0.350 e. The third kappa shape index (κ3) is 3.48. The van der Waals surface area contributed by atoms with E-state index in [1.54, 1.807) is 30.6 Å². The van der Waals surface area contributed by atoms with E-state index < -0.39 is 0 Å². The maximum absolute atomic E-state index is 12.4. The number of aromatic nitrogens is 3. The number of aryl methyl sites for hydroxylation is 1. The van der Waals surface area contributed by atoms with Gasteiger partial charge in [0.15, 0.2) is 0 Å². The highest BCUT2D eigenvalue weighted by atomic mass is 16.2. The maximum Gasteiger partial charge on any atom is 0.261 e. The summed E-state index contributed by atoms with van der Waals surface area (Å²) in [6.07, 6.45) is 5.09. The van der Waals surface area contributed by atoms with Crippen LogP contribution in [0.3, 0.4) is 0 Å². The highest BCUT2D eigenvalue weighted by Gasteiger charge is 2.10. The van der Waals surface area contributed by atoms with Gasteiger partial charge in [0, 0.05) is 25.4 Å². The molecule has 2 aromatic heterocycles. The Bertz CT molecular complexity index is 906. The number of benzene rings is 1. The van der Waals surface area contributed by atoms with Gasteiger partial charge in [-0.05, 0) is 36.8 Å². The van der Waals surface area contributed by atoms with E-state index in [0.29, 0.717) is 17.4 Å². The summed E-state index contributed by atoms with van der Waals surface area (Å²) in [5.41, 5.74) is 1.52. The minimum absolute atomic E-state index is 0.105. The Morgan fingerprint density at radius 1 is 1.21 bits per heavy atom. The lowest BCUT2D eigenvalue weighted by Gasteiger charge is -2.14. The van der Waals surface area contributed by atoms with Crippen LogP contribution in [0.15, 0.2) is 59.9 Å². The van der Waals surface area contributed by atoms with E-state index in [0.717, 1.165) is 5.56 Å². The van der Waals surface area contributed by atoms with Crippen LogP contribution in [-0.4, -0.2) is 20.4 Å². The number of fused-ring (bicyclic) bond motifs is 1. The van der Waals surface area contributed by atoms with E-state index in [4.69, 9.17) is 0 Å². The fourth-order valence-corrected chi connectivity index (χ4v) is 2.54. The van der Waals surface area contributed by atoms with Crippen molar-refractivity contribution in [3.05, 3.63) is 71.0 Å². The number of para-hydroxylation sites is 1. The molecule has 0 bridgehead atoms. The molecule has 6 nitrogen and oxygen atoms in total. The molecule has 2 heterocycles. The molecule has 1 unspecified atom stereocenters. The summed E-state index contributed by atoms with van der Waals surface area (Å²) in [4.78, 5) is 32.7. The number of pyridine rings is 1. The average Bonchev–Trinajstić information content (AvgIpc) is 2.62. The number of nitrogens with one attached hydrogen (secondary N) is 1. The topological polar surface area (TPSA) is 76.9 Å². The lowest BCUT2D eigenvalue weighted by molar-refractivity contribution is -0.121. The van der Waals surface area contributed by atoms with Crippen LogP contribution >= 0.6 is 0 Å². The Hall–Kier alpha value is -3.02. The van der Waals surface area contributed by atoms with Crippen molar-refractivity contribution in [2.75, 3.05) is 0 Å². The van der Waals surface area contributed by atoms with Crippen LogP contribution in [0.1, 0.15) is 24.9 Å². The first-order valence-electron chi connectivity index (χ1n) is 7.78. The molecule has 1 aromatic carbocycles. The summed E-state index contributed by atoms with van der Waals surface area (Å²) in [6.45, 7) is 2.21. The van der Waals surface area contributed by atoms with Crippen molar-refractivity contribution in [2.45, 2.75) is 25.9 Å². The van der Waals surface area contributed by atoms with Crippen molar-refractivity contribution >= 4 is 16.8 Å². The second-order valence-corrected chi connectivity index (χ2v) is 5.58. The summed E-state index contributed by atoms with van der Waals surface area (Å²) in [5.74, 6) is -0.112. The van der Waals surface area contributed by atoms with Crippen LogP contribution < -0.4 is 10.9 Å². The lowest BCUT2D eigenvalue weighted by atomic mass is 10.1. The smallest absolute Gasteiger partial charge is 0.261 e. The first kappa shape index (κ1) is 15.9. The van der Waals surface area contributed by atoms with Crippen LogP contribution in [0.2, 0.25) is 0 Å². The molecule has 0 radical (unpaired) electrons. The van der Waals surface area contributed by atoms with Gasteiger partial charge in [-0.2, -0.15) is 0 Å². The summed E-state index contributed by atoms with van der Waals surface area (Å²) in [7, 11) is 0. The van der Waals surface area contributed by atoms with E-state index >= 15 is 0 Å². The monoisotopic (exact) mass is 322 g/mol. The minimum atomic E-state index is -0.129. The molecule has 24 heavy (non-hydrogen) atoms. The van der Waals surface area contributed by atoms with Crippen molar-refractivity contribution in [1.82, 2.24) is 19.9 Å². The van der Waals surface area contributed by atoms with Crippen molar-refractivity contribution in [2.24, 2.45) is 0 Å². The highest BCUT2D eigenvalue weighted by molar-refractivity contribution is 5.77. The predicted octanol–water partition coefficient (Wildman–Crippen LogP) is 2.06. The van der Waals surface area contributed by atoms with Crippen LogP contribution in [0.25, 0.3) is 10.9 Å². The van der Waals surface area contributed by atoms with Gasteiger partial charge in [-0.15, -0.1) is 0 Å². The van der Waals surface area contributed by atoms with E-state index in [-0.39, 0.29) is 23.9 Å². The van der Waals surface area contributed by atoms with Gasteiger partial charge in [-0.3, -0.25) is 19.1 Å². The zero-order valence-electron chi connectivity index (χ0n) is 13.3. The molecular weight excluding hydrogens is 304 g/mol. The number of hydrogen-bond donors (Lipinski definition) is 1. The molecule has 0 fully saturated rings. The number of carbonyl (C=O) groups is 1. The van der Waals surface area contributed by atoms with E-state index in [1.165, 1.54) is 10.9 Å². The molecule has 1 N–H and O–H groups in total. The number of amides is 1. The van der Waals surface area contributed by atoms with Gasteiger partial charge >= 0.3 is 0 Å². The fraction of sp³-hybridized carbons (Fsp3) is 0.222. The molecule has 6 heteroatoms. The van der Waals surface area contributed by atoms with Gasteiger partial charge in [-0.25, -0.2) is 4.98 Å². The van der Waals surface area contributed by atoms with Crippen molar-refractivity contribution < 1.29 is 4.79 Å². The zero-order chi connectivity index (χ0) is 16.9. The van der Waals surface area contributed by atoms with Crippen LogP contribution in [-0.2, 0) is 11.3 Å². The first-order chi connectivity index (χ1) is 11.6. The second-order valence-electron chi connectivity index (χ2n) is 5.58. The van der Waals surface area contributed by atoms with Gasteiger partial charge in [0.25, 0.3) is 5.56 Å². The summed E-state index contributed by atoms with van der Waals surface area (Å²) >= 11 is 0. The molecule has 0 aliphatic carbocycles. The molecule has 0 aliphatic rings. The zero-order valence-corrected chi connectivity index (χ0v) is 13.3. The molecule has 0 saturated carbocycles. The predicted molar refractivity (Wildman–Crippen MR) is 91.4 cm³/mol. The van der Waals surface area contributed by atoms with E-state index in [9.17, 15) is 9.59 Å². The molecule has 1 atom stereocenters. The molecule has 0 aliphatic heterocycles. The Morgan fingerprint density at radius 2 is 1.96 bits per heavy atom. The molecular formula is C18H18N4O2. The minimum Gasteiger partial charge on any atom is -0.350 e. The van der Waals surface area contributed by atoms with Crippen molar-refractivity contribution in [3.63, 3.8) is 0 Å². The summed E-state index contributed by atoms with van der Waals surface area (Å²) in [5, 5.41) is 3.48. The third-order valence-electron chi connectivity index (χ3n) is 3.89. The third-order valence-corrected chi connectivity index (χ3v) is 3.89. The number of nitrogens with zero attached hydrogens (tertiary/aromatic N) is 3. The quantitative estimate of drug-likeness (QED) is 0.780. The molecule has 1 amide bonds. The van der Waals surface area contributed by atoms with Gasteiger partial charge < -0.3 is 5.32 Å². The molecule has 3 rings (SSSR count). The van der Waals surface area contributed by atoms with Crippen LogP contribution in [0.5, 0.6) is 0 Å². The Balaban J connectivity index is 1.64. The number of hydrogen-bond acceptors (Lipinski definition) is 4. The summed E-state index contributed by atoms with van der Waals surface area (Å²) in [6, 6.07) is 10.8. The first-order valence-corrected chi connectivity index (χ1v) is 7.78. The van der Waals surface area contributed by atoms with Gasteiger partial charge in [-0.1, -0.05) is 12.1 Å². The Labute approximate surface area is 139 Å². The molecule has 122 valence electrons. The van der Waals surface area contributed by atoms with Gasteiger partial charge in [0.05, 0.1) is 23.3 Å². The average molecular weight is 322 g/mol. The summed E-state index contributed by atoms with van der Waals surface area (Å²) < 4.78 is 1.47. The number of rotatable bonds is 5. The van der Waals surface area contributed by atoms with Gasteiger partial charge in [0.2, 0.25) is 5.91 Å². The normalized spacial score (nSPS) is 12.0. The Kier molecular flexibility index (Phi) is 4.65. The van der Waals surface area contributed by atoms with Crippen LogP contribution in [0.4, 0.5) is 0 Å². The Morgan fingerprint density at radius 3 is 2.75 bits per heavy atom. The van der Waals surface area contributed by atoms with E-state index in [1.807, 2.05) is 25.1 Å². The van der Waals surface area contributed by atoms with Crippen molar-refractivity contribution in [3.8, 4) is 0 Å². The molecule has 3 aromatic rings. The lowest BCUT2D eigenvalue weighted by Crippen LogP contribution is -2.29. The molecule has 0 saturated heterocycles. The fourth-order valence-electron chi connectivity index (χ4n) is 2.54. The second kappa shape index (κ2) is 7.04. The van der Waals surface area contributed by atoms with E-state index in [2.05, 4.69) is 15.3 Å². The highest BCUT2D eigenvalue weighted by Crippen LogP contribution is 2.10. The number of carbonyl (C=O) groups excluding carboxylic acids is 1. The SMILES string of the molecule is CC(NC(=O)CCn1cnc2ccccc2c1=O)c1ccncc1. The maximum atomic E-state index is 12.4. The molecule has 0 spiro atoms.